The van der Waals surface area contributed by atoms with Gasteiger partial charge in [0.25, 0.3) is 0 Å². The minimum atomic E-state index is -3.57. The molecule has 0 unspecified atom stereocenters. The van der Waals surface area contributed by atoms with E-state index in [1.54, 1.807) is 41.2 Å². The van der Waals surface area contributed by atoms with Gasteiger partial charge in [-0.25, -0.2) is 22.2 Å². The Hall–Kier alpha value is -3.01. The average Bonchev–Trinajstić information content (AvgIpc) is 3.08. The molecule has 0 saturated carbocycles. The number of hydrogen-bond donors (Lipinski definition) is 1. The maximum atomic E-state index is 12.6. The molecule has 0 fully saturated rings. The second kappa shape index (κ2) is 8.26. The van der Waals surface area contributed by atoms with Crippen LogP contribution in [0.5, 0.6) is 0 Å². The Kier molecular flexibility index (Phi) is 5.65. The van der Waals surface area contributed by atoms with E-state index in [4.69, 9.17) is 11.6 Å². The zero-order valence-electron chi connectivity index (χ0n) is 17.2. The average molecular weight is 457 g/mol. The molecule has 0 spiro atoms. The number of benzene rings is 1. The predicted molar refractivity (Wildman–Crippen MR) is 121 cm³/mol. The number of pyridine rings is 1. The highest BCUT2D eigenvalue weighted by atomic mass is 35.5. The van der Waals surface area contributed by atoms with Gasteiger partial charge in [-0.05, 0) is 36.8 Å². The van der Waals surface area contributed by atoms with Crippen molar-refractivity contribution in [1.82, 2.24) is 23.9 Å². The highest BCUT2D eigenvalue weighted by molar-refractivity contribution is 7.89. The van der Waals surface area contributed by atoms with Crippen molar-refractivity contribution in [2.24, 2.45) is 0 Å². The normalized spacial score (nSPS) is 11.9. The summed E-state index contributed by atoms with van der Waals surface area (Å²) in [5, 5.41) is 8.07. The molecule has 31 heavy (non-hydrogen) atoms. The summed E-state index contributed by atoms with van der Waals surface area (Å²) in [6, 6.07) is 12.3. The zero-order valence-corrected chi connectivity index (χ0v) is 18.8. The lowest BCUT2D eigenvalue weighted by Gasteiger charge is -2.13. The van der Waals surface area contributed by atoms with E-state index in [2.05, 4.69) is 20.4 Å². The summed E-state index contributed by atoms with van der Waals surface area (Å²) in [7, 11) is -0.565. The summed E-state index contributed by atoms with van der Waals surface area (Å²) in [5.41, 5.74) is 4.46. The molecule has 3 heterocycles. The van der Waals surface area contributed by atoms with Gasteiger partial charge in [-0.1, -0.05) is 23.7 Å². The first kappa shape index (κ1) is 21.2. The number of imidazole rings is 1. The first-order valence-electron chi connectivity index (χ1n) is 9.49. The molecule has 0 atom stereocenters. The highest BCUT2D eigenvalue weighted by Crippen LogP contribution is 2.30. The van der Waals surface area contributed by atoms with Gasteiger partial charge in [0.2, 0.25) is 10.0 Å². The summed E-state index contributed by atoms with van der Waals surface area (Å²) < 4.78 is 28.0. The van der Waals surface area contributed by atoms with Gasteiger partial charge in [0.15, 0.2) is 10.8 Å². The van der Waals surface area contributed by atoms with Gasteiger partial charge in [0.05, 0.1) is 22.0 Å². The number of nitrogens with one attached hydrogen (secondary N) is 1. The maximum absolute atomic E-state index is 12.6. The fourth-order valence-electron chi connectivity index (χ4n) is 3.27. The van der Waals surface area contributed by atoms with Crippen LogP contribution in [0.4, 0.5) is 5.69 Å². The molecule has 4 rings (SSSR count). The molecular weight excluding hydrogens is 436 g/mol. The van der Waals surface area contributed by atoms with Crippen molar-refractivity contribution in [3.63, 3.8) is 0 Å². The van der Waals surface area contributed by atoms with E-state index >= 15 is 0 Å². The summed E-state index contributed by atoms with van der Waals surface area (Å²) in [4.78, 5) is 8.90. The quantitative estimate of drug-likeness (QED) is 0.476. The largest absolute Gasteiger partial charge is 0.378 e. The van der Waals surface area contributed by atoms with Crippen molar-refractivity contribution in [2.75, 3.05) is 19.4 Å². The van der Waals surface area contributed by atoms with E-state index in [0.29, 0.717) is 34.3 Å². The summed E-state index contributed by atoms with van der Waals surface area (Å²) in [6.07, 6.45) is 3.47. The lowest BCUT2D eigenvalue weighted by molar-refractivity contribution is 0.521. The lowest BCUT2D eigenvalue weighted by atomic mass is 10.1. The van der Waals surface area contributed by atoms with Crippen LogP contribution in [0.2, 0.25) is 5.15 Å². The van der Waals surface area contributed by atoms with Crippen LogP contribution in [0.15, 0.2) is 59.8 Å². The molecule has 0 aliphatic carbocycles. The summed E-state index contributed by atoms with van der Waals surface area (Å²) in [5.74, 6) is 0. The molecule has 0 radical (unpaired) electrons. The number of aromatic nitrogens is 4. The minimum Gasteiger partial charge on any atom is -0.378 e. The van der Waals surface area contributed by atoms with Crippen LogP contribution >= 0.6 is 11.6 Å². The first-order valence-corrected chi connectivity index (χ1v) is 11.3. The molecule has 10 heteroatoms. The van der Waals surface area contributed by atoms with E-state index in [1.807, 2.05) is 25.1 Å². The van der Waals surface area contributed by atoms with Crippen LogP contribution in [0.3, 0.4) is 0 Å². The van der Waals surface area contributed by atoms with Crippen molar-refractivity contribution in [1.29, 1.82) is 0 Å². The third kappa shape index (κ3) is 4.12. The van der Waals surface area contributed by atoms with Gasteiger partial charge in [-0.15, -0.1) is 0 Å². The number of aryl methyl sites for hydroxylation is 1. The minimum absolute atomic E-state index is 0.197. The molecule has 0 amide bonds. The third-order valence-corrected chi connectivity index (χ3v) is 6.84. The molecule has 8 nitrogen and oxygen atoms in total. The van der Waals surface area contributed by atoms with Crippen LogP contribution in [0, 0.1) is 6.92 Å². The van der Waals surface area contributed by atoms with E-state index in [0.717, 1.165) is 11.3 Å². The Morgan fingerprint density at radius 2 is 1.87 bits per heavy atom. The van der Waals surface area contributed by atoms with Gasteiger partial charge < -0.3 is 5.32 Å². The van der Waals surface area contributed by atoms with Crippen molar-refractivity contribution in [3.8, 4) is 11.3 Å². The molecule has 0 bridgehead atoms. The van der Waals surface area contributed by atoms with Gasteiger partial charge in [0, 0.05) is 44.7 Å². The number of rotatable bonds is 6. The Morgan fingerprint density at radius 3 is 2.58 bits per heavy atom. The SMILES string of the molecule is Cc1nc2c(NCc3ccncc3)cc(Cl)nn2c1-c1cccc(S(=O)(=O)N(C)C)c1. The molecule has 0 saturated heterocycles. The highest BCUT2D eigenvalue weighted by Gasteiger charge is 2.21. The fourth-order valence-corrected chi connectivity index (χ4v) is 4.40. The van der Waals surface area contributed by atoms with E-state index in [1.165, 1.54) is 18.4 Å². The van der Waals surface area contributed by atoms with Crippen molar-refractivity contribution in [2.45, 2.75) is 18.4 Å². The second-order valence-electron chi connectivity index (χ2n) is 7.19. The van der Waals surface area contributed by atoms with Crippen molar-refractivity contribution >= 4 is 33.0 Å². The molecule has 160 valence electrons. The molecule has 1 aromatic carbocycles. The summed E-state index contributed by atoms with van der Waals surface area (Å²) in [6.45, 7) is 2.42. The van der Waals surface area contributed by atoms with E-state index < -0.39 is 10.0 Å². The van der Waals surface area contributed by atoms with Gasteiger partial charge in [-0.3, -0.25) is 4.98 Å². The third-order valence-electron chi connectivity index (χ3n) is 4.85. The van der Waals surface area contributed by atoms with E-state index in [-0.39, 0.29) is 4.90 Å². The van der Waals surface area contributed by atoms with Crippen LogP contribution in [0.1, 0.15) is 11.3 Å². The fraction of sp³-hybridized carbons (Fsp3) is 0.190. The van der Waals surface area contributed by atoms with Crippen molar-refractivity contribution in [3.05, 3.63) is 71.3 Å². The van der Waals surface area contributed by atoms with Gasteiger partial charge >= 0.3 is 0 Å². The monoisotopic (exact) mass is 456 g/mol. The predicted octanol–water partition coefficient (Wildman–Crippen LogP) is 3.62. The molecule has 0 aliphatic heterocycles. The number of fused-ring (bicyclic) bond motifs is 1. The Labute approximate surface area is 185 Å². The van der Waals surface area contributed by atoms with Crippen LogP contribution < -0.4 is 5.32 Å². The molecule has 1 N–H and O–H groups in total. The maximum Gasteiger partial charge on any atom is 0.242 e. The number of nitrogens with zero attached hydrogens (tertiary/aromatic N) is 5. The lowest BCUT2D eigenvalue weighted by Crippen LogP contribution is -2.22. The number of anilines is 1. The smallest absolute Gasteiger partial charge is 0.242 e. The number of hydrogen-bond acceptors (Lipinski definition) is 6. The first-order chi connectivity index (χ1) is 14.8. The van der Waals surface area contributed by atoms with Crippen LogP contribution in [-0.4, -0.2) is 46.4 Å². The molecule has 4 aromatic rings. The Balaban J connectivity index is 1.80. The molecule has 0 aliphatic rings. The Morgan fingerprint density at radius 1 is 1.13 bits per heavy atom. The zero-order chi connectivity index (χ0) is 22.2. The summed E-state index contributed by atoms with van der Waals surface area (Å²) >= 11 is 6.31. The molecular formula is C21H21ClN6O2S. The van der Waals surface area contributed by atoms with Crippen LogP contribution in [-0.2, 0) is 16.6 Å². The topological polar surface area (TPSA) is 92.5 Å². The Bertz CT molecular complexity index is 1350. The van der Waals surface area contributed by atoms with Gasteiger partial charge in [-0.2, -0.15) is 5.10 Å². The van der Waals surface area contributed by atoms with Crippen LogP contribution in [0.25, 0.3) is 16.9 Å². The molecule has 3 aromatic heterocycles. The standard InChI is InChI=1S/C21H21ClN6O2S/c1-14-20(16-5-4-6-17(11-16)31(29,30)27(2)3)28-21(25-14)18(12-19(22)26-28)24-13-15-7-9-23-10-8-15/h4-12,24H,13H2,1-3H3. The van der Waals surface area contributed by atoms with Crippen molar-refractivity contribution < 1.29 is 8.42 Å². The van der Waals surface area contributed by atoms with Gasteiger partial charge in [0.1, 0.15) is 0 Å². The number of halogens is 1. The number of sulfonamides is 1. The van der Waals surface area contributed by atoms with E-state index in [9.17, 15) is 8.42 Å². The second-order valence-corrected chi connectivity index (χ2v) is 9.73.